The third-order valence-corrected chi connectivity index (χ3v) is 3.58. The topological polar surface area (TPSA) is 4.93 Å². The van der Waals surface area contributed by atoms with Crippen molar-refractivity contribution >= 4 is 22.5 Å². The maximum atomic E-state index is 12.7. The van der Waals surface area contributed by atoms with E-state index in [2.05, 4.69) is 0 Å². The number of rotatable bonds is 2. The van der Waals surface area contributed by atoms with Gasteiger partial charge in [0.1, 0.15) is 0 Å². The van der Waals surface area contributed by atoms with Crippen LogP contribution in [0.25, 0.3) is 10.9 Å². The van der Waals surface area contributed by atoms with Crippen LogP contribution in [0.4, 0.5) is 13.2 Å². The SMILES string of the molecule is FC(F)(F)c1cccc(Cn2ccc3cc(Cl)ccc32)c1. The average molecular weight is 310 g/mol. The molecule has 3 rings (SSSR count). The first-order valence-electron chi connectivity index (χ1n) is 6.34. The van der Waals surface area contributed by atoms with E-state index >= 15 is 0 Å². The van der Waals surface area contributed by atoms with Crippen LogP contribution in [0.2, 0.25) is 5.02 Å². The van der Waals surface area contributed by atoms with Crippen LogP contribution in [0, 0.1) is 0 Å². The van der Waals surface area contributed by atoms with Gasteiger partial charge < -0.3 is 4.57 Å². The molecule has 21 heavy (non-hydrogen) atoms. The second-order valence-electron chi connectivity index (χ2n) is 4.84. The molecule has 0 saturated carbocycles. The lowest BCUT2D eigenvalue weighted by Crippen LogP contribution is -2.06. The molecule has 108 valence electrons. The molecular weight excluding hydrogens is 299 g/mol. The minimum absolute atomic E-state index is 0.384. The molecule has 0 aliphatic heterocycles. The Kier molecular flexibility index (Phi) is 3.41. The molecule has 0 atom stereocenters. The van der Waals surface area contributed by atoms with Gasteiger partial charge in [-0.15, -0.1) is 0 Å². The van der Waals surface area contributed by atoms with Gasteiger partial charge in [0.15, 0.2) is 0 Å². The molecular formula is C16H11ClF3N. The van der Waals surface area contributed by atoms with E-state index in [9.17, 15) is 13.2 Å². The van der Waals surface area contributed by atoms with Crippen LogP contribution in [-0.2, 0) is 12.7 Å². The molecule has 5 heteroatoms. The summed E-state index contributed by atoms with van der Waals surface area (Å²) in [7, 11) is 0. The van der Waals surface area contributed by atoms with Crippen molar-refractivity contribution in [3.8, 4) is 0 Å². The lowest BCUT2D eigenvalue weighted by Gasteiger charge is -2.10. The van der Waals surface area contributed by atoms with Crippen LogP contribution in [0.1, 0.15) is 11.1 Å². The van der Waals surface area contributed by atoms with Crippen molar-refractivity contribution < 1.29 is 13.2 Å². The Morgan fingerprint density at radius 1 is 1.00 bits per heavy atom. The van der Waals surface area contributed by atoms with Gasteiger partial charge in [-0.25, -0.2) is 0 Å². The lowest BCUT2D eigenvalue weighted by atomic mass is 10.1. The Morgan fingerprint density at radius 3 is 2.57 bits per heavy atom. The van der Waals surface area contributed by atoms with Crippen molar-refractivity contribution in [1.82, 2.24) is 4.57 Å². The molecule has 0 N–H and O–H groups in total. The summed E-state index contributed by atoms with van der Waals surface area (Å²) in [5, 5.41) is 1.61. The summed E-state index contributed by atoms with van der Waals surface area (Å²) >= 11 is 5.92. The molecule has 0 unspecified atom stereocenters. The van der Waals surface area contributed by atoms with Gasteiger partial charge in [0.25, 0.3) is 0 Å². The second-order valence-corrected chi connectivity index (χ2v) is 5.28. The molecule has 2 aromatic carbocycles. The van der Waals surface area contributed by atoms with Gasteiger partial charge in [0.2, 0.25) is 0 Å². The summed E-state index contributed by atoms with van der Waals surface area (Å²) in [4.78, 5) is 0. The first-order valence-corrected chi connectivity index (χ1v) is 6.72. The highest BCUT2D eigenvalue weighted by Crippen LogP contribution is 2.30. The van der Waals surface area contributed by atoms with Crippen molar-refractivity contribution in [3.63, 3.8) is 0 Å². The summed E-state index contributed by atoms with van der Waals surface area (Å²) < 4.78 is 40.1. The maximum absolute atomic E-state index is 12.7. The minimum Gasteiger partial charge on any atom is -0.343 e. The van der Waals surface area contributed by atoms with Gasteiger partial charge in [0.05, 0.1) is 5.56 Å². The molecule has 3 aromatic rings. The van der Waals surface area contributed by atoms with Crippen molar-refractivity contribution in [2.24, 2.45) is 0 Å². The number of aromatic nitrogens is 1. The average Bonchev–Trinajstić information content (AvgIpc) is 2.80. The summed E-state index contributed by atoms with van der Waals surface area (Å²) in [5.74, 6) is 0. The third kappa shape index (κ3) is 2.90. The first kappa shape index (κ1) is 14.0. The highest BCUT2D eigenvalue weighted by atomic mass is 35.5. The Hall–Kier alpha value is -1.94. The fraction of sp³-hybridized carbons (Fsp3) is 0.125. The third-order valence-electron chi connectivity index (χ3n) is 3.34. The summed E-state index contributed by atoms with van der Waals surface area (Å²) in [6.07, 6.45) is -2.47. The fourth-order valence-corrected chi connectivity index (χ4v) is 2.53. The van der Waals surface area contributed by atoms with Crippen LogP contribution in [0.3, 0.4) is 0 Å². The molecule has 0 fully saturated rings. The molecule has 0 radical (unpaired) electrons. The first-order chi connectivity index (χ1) is 9.93. The maximum Gasteiger partial charge on any atom is 0.416 e. The molecule has 0 spiro atoms. The molecule has 0 amide bonds. The number of fused-ring (bicyclic) bond motifs is 1. The summed E-state index contributed by atoms with van der Waals surface area (Å²) in [5.41, 5.74) is 0.925. The standard InChI is InChI=1S/C16H11ClF3N/c17-14-4-5-15-12(9-14)6-7-21(15)10-11-2-1-3-13(8-11)16(18,19)20/h1-9H,10H2. The zero-order valence-electron chi connectivity index (χ0n) is 10.9. The van der Waals surface area contributed by atoms with E-state index in [0.717, 1.165) is 17.0 Å². The van der Waals surface area contributed by atoms with E-state index in [1.165, 1.54) is 12.1 Å². The second kappa shape index (κ2) is 5.11. The highest BCUT2D eigenvalue weighted by molar-refractivity contribution is 6.31. The zero-order chi connectivity index (χ0) is 15.0. The van der Waals surface area contributed by atoms with Gasteiger partial charge in [-0.1, -0.05) is 23.7 Å². The fourth-order valence-electron chi connectivity index (χ4n) is 2.35. The Balaban J connectivity index is 1.95. The molecule has 1 nitrogen and oxygen atoms in total. The van der Waals surface area contributed by atoms with E-state index in [4.69, 9.17) is 11.6 Å². The molecule has 0 bridgehead atoms. The van der Waals surface area contributed by atoms with Gasteiger partial charge in [-0.3, -0.25) is 0 Å². The lowest BCUT2D eigenvalue weighted by molar-refractivity contribution is -0.137. The van der Waals surface area contributed by atoms with Crippen molar-refractivity contribution in [2.75, 3.05) is 0 Å². The van der Waals surface area contributed by atoms with Crippen LogP contribution < -0.4 is 0 Å². The highest BCUT2D eigenvalue weighted by Gasteiger charge is 2.30. The predicted octanol–water partition coefficient (Wildman–Crippen LogP) is 5.36. The van der Waals surface area contributed by atoms with Crippen LogP contribution in [0.15, 0.2) is 54.7 Å². The van der Waals surface area contributed by atoms with Crippen molar-refractivity contribution in [1.29, 1.82) is 0 Å². The van der Waals surface area contributed by atoms with Crippen LogP contribution in [-0.4, -0.2) is 4.57 Å². The van der Waals surface area contributed by atoms with Crippen molar-refractivity contribution in [2.45, 2.75) is 12.7 Å². The molecule has 0 aliphatic carbocycles. The van der Waals surface area contributed by atoms with Crippen molar-refractivity contribution in [3.05, 3.63) is 70.9 Å². The molecule has 0 saturated heterocycles. The number of hydrogen-bond acceptors (Lipinski definition) is 0. The number of nitrogens with zero attached hydrogens (tertiary/aromatic N) is 1. The molecule has 0 aliphatic rings. The largest absolute Gasteiger partial charge is 0.416 e. The summed E-state index contributed by atoms with van der Waals surface area (Å²) in [6, 6.07) is 12.8. The number of halogens is 4. The van der Waals surface area contributed by atoms with E-state index in [0.29, 0.717) is 17.1 Å². The predicted molar refractivity (Wildman–Crippen MR) is 77.5 cm³/mol. The Bertz CT molecular complexity index is 790. The summed E-state index contributed by atoms with van der Waals surface area (Å²) in [6.45, 7) is 0.384. The van der Waals surface area contributed by atoms with Gasteiger partial charge in [0, 0.05) is 28.7 Å². The minimum atomic E-state index is -4.32. The normalized spacial score (nSPS) is 12.0. The Labute approximate surface area is 124 Å². The van der Waals surface area contributed by atoms with Gasteiger partial charge in [-0.2, -0.15) is 13.2 Å². The quantitative estimate of drug-likeness (QED) is 0.600. The van der Waals surface area contributed by atoms with Gasteiger partial charge >= 0.3 is 6.18 Å². The van der Waals surface area contributed by atoms with E-state index in [1.807, 2.05) is 29.0 Å². The zero-order valence-corrected chi connectivity index (χ0v) is 11.6. The van der Waals surface area contributed by atoms with E-state index in [1.54, 1.807) is 12.1 Å². The van der Waals surface area contributed by atoms with E-state index in [-0.39, 0.29) is 0 Å². The smallest absolute Gasteiger partial charge is 0.343 e. The number of alkyl halides is 3. The van der Waals surface area contributed by atoms with E-state index < -0.39 is 11.7 Å². The monoisotopic (exact) mass is 309 g/mol. The van der Waals surface area contributed by atoms with Crippen LogP contribution in [0.5, 0.6) is 0 Å². The number of benzene rings is 2. The Morgan fingerprint density at radius 2 is 1.81 bits per heavy atom. The molecule has 1 heterocycles. The number of hydrogen-bond donors (Lipinski definition) is 0. The van der Waals surface area contributed by atoms with Crippen LogP contribution >= 0.6 is 11.6 Å². The van der Waals surface area contributed by atoms with Gasteiger partial charge in [-0.05, 0) is 42.0 Å². The molecule has 1 aromatic heterocycles.